The number of aliphatic hydroxyl groups excluding tert-OH is 1. The number of rotatable bonds is 5. The fraction of sp³-hybridized carbons (Fsp3) is 0.833. The zero-order chi connectivity index (χ0) is 11.1. The monoisotopic (exact) mass is 212 g/mol. The van der Waals surface area contributed by atoms with Crippen molar-refractivity contribution >= 4 is 0 Å². The van der Waals surface area contributed by atoms with Crippen LogP contribution in [0.25, 0.3) is 0 Å². The van der Waals surface area contributed by atoms with Crippen molar-refractivity contribution in [1.82, 2.24) is 10.2 Å². The molecular weight excluding hydrogens is 188 g/mol. The zero-order valence-corrected chi connectivity index (χ0v) is 10.00. The lowest BCUT2D eigenvalue weighted by atomic mass is 10.1. The molecule has 1 saturated heterocycles. The molecule has 15 heavy (non-hydrogen) atoms. The fourth-order valence-corrected chi connectivity index (χ4v) is 1.90. The lowest BCUT2D eigenvalue weighted by Gasteiger charge is -2.31. The second kappa shape index (κ2) is 6.99. The summed E-state index contributed by atoms with van der Waals surface area (Å²) in [5, 5.41) is 12.1. The van der Waals surface area contributed by atoms with Crippen LogP contribution >= 0.6 is 0 Å². The van der Waals surface area contributed by atoms with Gasteiger partial charge in [0, 0.05) is 19.1 Å². The van der Waals surface area contributed by atoms with Crippen molar-refractivity contribution in [1.29, 1.82) is 0 Å². The van der Waals surface area contributed by atoms with Crippen LogP contribution in [0.1, 0.15) is 26.7 Å². The third-order valence-corrected chi connectivity index (χ3v) is 2.89. The van der Waals surface area contributed by atoms with E-state index < -0.39 is 0 Å². The molecule has 0 aromatic heterocycles. The Morgan fingerprint density at radius 3 is 2.60 bits per heavy atom. The Morgan fingerprint density at radius 2 is 2.07 bits per heavy atom. The van der Waals surface area contributed by atoms with E-state index in [1.54, 1.807) is 0 Å². The summed E-state index contributed by atoms with van der Waals surface area (Å²) in [5.41, 5.74) is 1.40. The van der Waals surface area contributed by atoms with Crippen molar-refractivity contribution in [3.63, 3.8) is 0 Å². The molecule has 1 heterocycles. The standard InChI is InChI=1S/C12H24N2O/c1-11(2)3-7-14-8-4-12(5-9-14)13-6-10-15/h3,12-13,15H,4-10H2,1-2H3. The fourth-order valence-electron chi connectivity index (χ4n) is 1.90. The van der Waals surface area contributed by atoms with Gasteiger partial charge in [-0.2, -0.15) is 0 Å². The maximum absolute atomic E-state index is 8.71. The molecule has 0 radical (unpaired) electrons. The molecule has 1 aliphatic heterocycles. The second-order valence-electron chi connectivity index (χ2n) is 4.53. The Bertz CT molecular complexity index is 192. The van der Waals surface area contributed by atoms with E-state index in [0.29, 0.717) is 6.04 Å². The largest absolute Gasteiger partial charge is 0.395 e. The van der Waals surface area contributed by atoms with Crippen LogP contribution in [0.5, 0.6) is 0 Å². The number of hydrogen-bond acceptors (Lipinski definition) is 3. The zero-order valence-electron chi connectivity index (χ0n) is 10.00. The number of allylic oxidation sites excluding steroid dienone is 1. The number of nitrogens with one attached hydrogen (secondary N) is 1. The van der Waals surface area contributed by atoms with Crippen molar-refractivity contribution in [3.8, 4) is 0 Å². The molecule has 1 fully saturated rings. The first-order chi connectivity index (χ1) is 7.22. The summed E-state index contributed by atoms with van der Waals surface area (Å²) in [5.74, 6) is 0. The molecule has 0 amide bonds. The van der Waals surface area contributed by atoms with Crippen LogP contribution in [0.15, 0.2) is 11.6 Å². The highest BCUT2D eigenvalue weighted by Crippen LogP contribution is 2.10. The summed E-state index contributed by atoms with van der Waals surface area (Å²) >= 11 is 0. The quantitative estimate of drug-likeness (QED) is 0.667. The molecule has 3 nitrogen and oxygen atoms in total. The molecule has 2 N–H and O–H groups in total. The molecule has 88 valence electrons. The third kappa shape index (κ3) is 5.30. The Kier molecular flexibility index (Phi) is 5.91. The van der Waals surface area contributed by atoms with Gasteiger partial charge in [-0.1, -0.05) is 11.6 Å². The van der Waals surface area contributed by atoms with Crippen LogP contribution in [0.2, 0.25) is 0 Å². The van der Waals surface area contributed by atoms with Crippen molar-refractivity contribution in [2.45, 2.75) is 32.7 Å². The maximum atomic E-state index is 8.71. The van der Waals surface area contributed by atoms with Crippen molar-refractivity contribution < 1.29 is 5.11 Å². The first-order valence-electron chi connectivity index (χ1n) is 5.92. The van der Waals surface area contributed by atoms with Crippen molar-refractivity contribution in [2.75, 3.05) is 32.8 Å². The van der Waals surface area contributed by atoms with Gasteiger partial charge in [0.25, 0.3) is 0 Å². The van der Waals surface area contributed by atoms with Gasteiger partial charge < -0.3 is 10.4 Å². The number of hydrogen-bond donors (Lipinski definition) is 2. The van der Waals surface area contributed by atoms with E-state index in [1.807, 2.05) is 0 Å². The molecule has 0 unspecified atom stereocenters. The predicted molar refractivity (Wildman–Crippen MR) is 64.0 cm³/mol. The highest BCUT2D eigenvalue weighted by Gasteiger charge is 2.17. The van der Waals surface area contributed by atoms with Crippen LogP contribution in [-0.4, -0.2) is 48.8 Å². The van der Waals surface area contributed by atoms with E-state index in [4.69, 9.17) is 5.11 Å². The molecule has 0 aliphatic carbocycles. The summed E-state index contributed by atoms with van der Waals surface area (Å²) < 4.78 is 0. The number of piperidine rings is 1. The molecule has 0 bridgehead atoms. The van der Waals surface area contributed by atoms with Gasteiger partial charge in [0.2, 0.25) is 0 Å². The van der Waals surface area contributed by atoms with E-state index in [2.05, 4.69) is 30.1 Å². The minimum Gasteiger partial charge on any atom is -0.395 e. The molecule has 0 spiro atoms. The summed E-state index contributed by atoms with van der Waals surface area (Å²) in [6.07, 6.45) is 4.70. The molecular formula is C12H24N2O. The smallest absolute Gasteiger partial charge is 0.0556 e. The minimum absolute atomic E-state index is 0.248. The molecule has 0 atom stereocenters. The van der Waals surface area contributed by atoms with E-state index >= 15 is 0 Å². The number of aliphatic hydroxyl groups is 1. The second-order valence-corrected chi connectivity index (χ2v) is 4.53. The van der Waals surface area contributed by atoms with Gasteiger partial charge in [0.15, 0.2) is 0 Å². The highest BCUT2D eigenvalue weighted by atomic mass is 16.3. The summed E-state index contributed by atoms with van der Waals surface area (Å²) in [6, 6.07) is 0.611. The SMILES string of the molecule is CC(C)=CCN1CCC(NCCO)CC1. The Balaban J connectivity index is 2.15. The number of likely N-dealkylation sites (tertiary alicyclic amines) is 1. The number of nitrogens with zero attached hydrogens (tertiary/aromatic N) is 1. The van der Waals surface area contributed by atoms with Crippen molar-refractivity contribution in [3.05, 3.63) is 11.6 Å². The lowest BCUT2D eigenvalue weighted by molar-refractivity contribution is 0.205. The molecule has 0 saturated carbocycles. The van der Waals surface area contributed by atoms with Crippen LogP contribution in [0.4, 0.5) is 0 Å². The van der Waals surface area contributed by atoms with Gasteiger partial charge in [0.1, 0.15) is 0 Å². The van der Waals surface area contributed by atoms with Gasteiger partial charge in [0.05, 0.1) is 6.61 Å². The van der Waals surface area contributed by atoms with E-state index in [1.165, 1.54) is 31.5 Å². The molecule has 0 aromatic rings. The summed E-state index contributed by atoms with van der Waals surface area (Å²) in [6.45, 7) is 8.72. The van der Waals surface area contributed by atoms with Gasteiger partial charge >= 0.3 is 0 Å². The maximum Gasteiger partial charge on any atom is 0.0556 e. The molecule has 1 aliphatic rings. The summed E-state index contributed by atoms with van der Waals surface area (Å²) in [7, 11) is 0. The average Bonchev–Trinajstić information content (AvgIpc) is 2.25. The van der Waals surface area contributed by atoms with Crippen LogP contribution in [-0.2, 0) is 0 Å². The summed E-state index contributed by atoms with van der Waals surface area (Å²) in [4.78, 5) is 2.49. The van der Waals surface area contributed by atoms with Crippen LogP contribution in [0, 0.1) is 0 Å². The normalized spacial score (nSPS) is 19.1. The van der Waals surface area contributed by atoms with Crippen LogP contribution < -0.4 is 5.32 Å². The van der Waals surface area contributed by atoms with Gasteiger partial charge in [-0.15, -0.1) is 0 Å². The molecule has 0 aromatic carbocycles. The van der Waals surface area contributed by atoms with E-state index in [9.17, 15) is 0 Å². The Labute approximate surface area is 93.2 Å². The minimum atomic E-state index is 0.248. The van der Waals surface area contributed by atoms with E-state index in [-0.39, 0.29) is 6.61 Å². The lowest BCUT2D eigenvalue weighted by Crippen LogP contribution is -2.43. The predicted octanol–water partition coefficient (Wildman–Crippen LogP) is 0.999. The van der Waals surface area contributed by atoms with Crippen LogP contribution in [0.3, 0.4) is 0 Å². The molecule has 3 heteroatoms. The van der Waals surface area contributed by atoms with E-state index in [0.717, 1.165) is 13.1 Å². The Morgan fingerprint density at radius 1 is 1.40 bits per heavy atom. The highest BCUT2D eigenvalue weighted by molar-refractivity contribution is 4.95. The first-order valence-corrected chi connectivity index (χ1v) is 5.92. The third-order valence-electron chi connectivity index (χ3n) is 2.89. The topological polar surface area (TPSA) is 35.5 Å². The average molecular weight is 212 g/mol. The van der Waals surface area contributed by atoms with Gasteiger partial charge in [-0.05, 0) is 39.8 Å². The molecule has 1 rings (SSSR count). The van der Waals surface area contributed by atoms with Gasteiger partial charge in [-0.3, -0.25) is 4.90 Å². The van der Waals surface area contributed by atoms with Crippen molar-refractivity contribution in [2.24, 2.45) is 0 Å². The Hall–Kier alpha value is -0.380. The first kappa shape index (κ1) is 12.7. The van der Waals surface area contributed by atoms with Gasteiger partial charge in [-0.25, -0.2) is 0 Å².